The van der Waals surface area contributed by atoms with Crippen molar-refractivity contribution >= 4 is 49.6 Å². The van der Waals surface area contributed by atoms with Crippen LogP contribution in [0.3, 0.4) is 0 Å². The summed E-state index contributed by atoms with van der Waals surface area (Å²) in [7, 11) is 0. The van der Waals surface area contributed by atoms with Crippen LogP contribution in [0.1, 0.15) is 0 Å². The fraction of sp³-hybridized carbons (Fsp3) is 0. The largest absolute Gasteiger partial charge is 0.310 e. The molecular weight excluding hydrogens is 797 g/mol. The summed E-state index contributed by atoms with van der Waals surface area (Å²) in [5.41, 5.74) is 18.7. The van der Waals surface area contributed by atoms with E-state index >= 15 is 0 Å². The van der Waals surface area contributed by atoms with Gasteiger partial charge >= 0.3 is 0 Å². The maximum atomic E-state index is 2.41. The van der Waals surface area contributed by atoms with Gasteiger partial charge in [0.2, 0.25) is 0 Å². The predicted octanol–water partition coefficient (Wildman–Crippen LogP) is 17.7. The van der Waals surface area contributed by atoms with Crippen LogP contribution in [0.4, 0.5) is 17.1 Å². The van der Waals surface area contributed by atoms with Crippen LogP contribution in [0.25, 0.3) is 93.9 Å². The van der Waals surface area contributed by atoms with Crippen LogP contribution < -0.4 is 4.90 Å². The Morgan fingerprint density at radius 1 is 0.273 bits per heavy atom. The zero-order chi connectivity index (χ0) is 43.8. The lowest BCUT2D eigenvalue weighted by atomic mass is 9.94. The van der Waals surface area contributed by atoms with E-state index in [9.17, 15) is 0 Å². The van der Waals surface area contributed by atoms with E-state index in [1.165, 1.54) is 77.1 Å². The summed E-state index contributed by atoms with van der Waals surface area (Å²) in [6.45, 7) is 0. The van der Waals surface area contributed by atoms with Crippen molar-refractivity contribution in [2.75, 3.05) is 4.90 Å². The zero-order valence-electron chi connectivity index (χ0n) is 36.3. The number of para-hydroxylation sites is 3. The molecule has 0 N–H and O–H groups in total. The van der Waals surface area contributed by atoms with Crippen molar-refractivity contribution in [3.63, 3.8) is 0 Å². The highest BCUT2D eigenvalue weighted by Gasteiger charge is 2.20. The maximum absolute atomic E-state index is 2.41. The fourth-order valence-corrected chi connectivity index (χ4v) is 9.89. The summed E-state index contributed by atoms with van der Waals surface area (Å²) in [5, 5.41) is 5.02. The standard InChI is InChI=1S/C64H44N2/c1-3-17-45(18-4-1)50-21-14-26-55(44-50)65(54-41-39-47(40-42-54)46-35-37-49(38-36-46)57-30-15-20-48-19-7-8-27-56(48)57)61-32-11-9-28-58(61)51-22-13-23-52(43-51)59-31-16-34-63-64(59)60-29-10-12-33-62(60)66(63)53-24-5-2-6-25-53/h1-44H. The molecule has 0 bridgehead atoms. The topological polar surface area (TPSA) is 8.17 Å². The van der Waals surface area contributed by atoms with Crippen molar-refractivity contribution < 1.29 is 0 Å². The molecule has 12 rings (SSSR count). The van der Waals surface area contributed by atoms with Gasteiger partial charge in [-0.05, 0) is 122 Å². The molecule has 0 radical (unpaired) electrons. The molecule has 12 aromatic rings. The van der Waals surface area contributed by atoms with Crippen LogP contribution in [0, 0.1) is 0 Å². The van der Waals surface area contributed by atoms with Crippen molar-refractivity contribution in [2.24, 2.45) is 0 Å². The summed E-state index contributed by atoms with van der Waals surface area (Å²) in [6, 6.07) is 96.8. The second kappa shape index (κ2) is 16.8. The molecule has 0 amide bonds. The Morgan fingerprint density at radius 3 is 1.61 bits per heavy atom. The Bertz CT molecular complexity index is 3670. The van der Waals surface area contributed by atoms with Gasteiger partial charge in [0.25, 0.3) is 0 Å². The van der Waals surface area contributed by atoms with E-state index in [1.807, 2.05) is 0 Å². The fourth-order valence-electron chi connectivity index (χ4n) is 9.89. The predicted molar refractivity (Wildman–Crippen MR) is 280 cm³/mol. The van der Waals surface area contributed by atoms with E-state index in [4.69, 9.17) is 0 Å². The molecule has 2 heteroatoms. The number of rotatable bonds is 9. The van der Waals surface area contributed by atoms with E-state index < -0.39 is 0 Å². The van der Waals surface area contributed by atoms with E-state index in [1.54, 1.807) is 0 Å². The Hall–Kier alpha value is -8.72. The summed E-state index contributed by atoms with van der Waals surface area (Å²) in [6.07, 6.45) is 0. The molecule has 0 aliphatic heterocycles. The lowest BCUT2D eigenvalue weighted by molar-refractivity contribution is 1.18. The number of fused-ring (bicyclic) bond motifs is 4. The minimum absolute atomic E-state index is 1.08. The quantitative estimate of drug-likeness (QED) is 0.141. The Labute approximate surface area is 385 Å². The summed E-state index contributed by atoms with van der Waals surface area (Å²) in [4.78, 5) is 2.41. The Morgan fingerprint density at radius 2 is 0.788 bits per heavy atom. The second-order valence-electron chi connectivity index (χ2n) is 16.9. The average Bonchev–Trinajstić information content (AvgIpc) is 3.74. The molecule has 0 atom stereocenters. The molecule has 0 fully saturated rings. The molecule has 0 aliphatic carbocycles. The summed E-state index contributed by atoms with van der Waals surface area (Å²) >= 11 is 0. The number of aromatic nitrogens is 1. The summed E-state index contributed by atoms with van der Waals surface area (Å²) < 4.78 is 2.39. The third-order valence-corrected chi connectivity index (χ3v) is 13.0. The highest BCUT2D eigenvalue weighted by atomic mass is 15.1. The first kappa shape index (κ1) is 38.9. The first-order valence-corrected chi connectivity index (χ1v) is 22.7. The molecule has 1 heterocycles. The van der Waals surface area contributed by atoms with Crippen LogP contribution in [-0.2, 0) is 0 Å². The van der Waals surface area contributed by atoms with Gasteiger partial charge < -0.3 is 9.47 Å². The Balaban J connectivity index is 0.960. The van der Waals surface area contributed by atoms with Gasteiger partial charge in [0.05, 0.1) is 16.7 Å². The zero-order valence-corrected chi connectivity index (χ0v) is 36.3. The van der Waals surface area contributed by atoms with E-state index in [0.29, 0.717) is 0 Å². The highest BCUT2D eigenvalue weighted by Crippen LogP contribution is 2.44. The number of hydrogen-bond acceptors (Lipinski definition) is 1. The van der Waals surface area contributed by atoms with Gasteiger partial charge in [-0.1, -0.05) is 206 Å². The van der Waals surface area contributed by atoms with Gasteiger partial charge in [-0.3, -0.25) is 0 Å². The molecular formula is C64H44N2. The second-order valence-corrected chi connectivity index (χ2v) is 16.9. The number of benzene rings is 11. The third kappa shape index (κ3) is 7.02. The number of anilines is 3. The van der Waals surface area contributed by atoms with Gasteiger partial charge in [0.1, 0.15) is 0 Å². The van der Waals surface area contributed by atoms with Gasteiger partial charge in [-0.25, -0.2) is 0 Å². The van der Waals surface area contributed by atoms with Crippen LogP contribution >= 0.6 is 0 Å². The van der Waals surface area contributed by atoms with Crippen molar-refractivity contribution in [1.29, 1.82) is 0 Å². The number of hydrogen-bond donors (Lipinski definition) is 0. The van der Waals surface area contributed by atoms with Gasteiger partial charge in [-0.2, -0.15) is 0 Å². The normalized spacial score (nSPS) is 11.3. The average molecular weight is 841 g/mol. The summed E-state index contributed by atoms with van der Waals surface area (Å²) in [5.74, 6) is 0. The lowest BCUT2D eigenvalue weighted by Crippen LogP contribution is -2.11. The molecule has 0 saturated heterocycles. The first-order valence-electron chi connectivity index (χ1n) is 22.7. The van der Waals surface area contributed by atoms with Crippen LogP contribution in [-0.4, -0.2) is 4.57 Å². The molecule has 0 unspecified atom stereocenters. The molecule has 310 valence electrons. The first-order chi connectivity index (χ1) is 32.7. The van der Waals surface area contributed by atoms with Crippen LogP contribution in [0.15, 0.2) is 267 Å². The smallest absolute Gasteiger partial charge is 0.0547 e. The van der Waals surface area contributed by atoms with E-state index in [-0.39, 0.29) is 0 Å². The molecule has 0 saturated carbocycles. The van der Waals surface area contributed by atoms with Gasteiger partial charge in [0.15, 0.2) is 0 Å². The molecule has 0 aliphatic rings. The van der Waals surface area contributed by atoms with E-state index in [2.05, 4.69) is 276 Å². The van der Waals surface area contributed by atoms with Crippen molar-refractivity contribution in [1.82, 2.24) is 4.57 Å². The molecule has 1 aromatic heterocycles. The minimum Gasteiger partial charge on any atom is -0.310 e. The lowest BCUT2D eigenvalue weighted by Gasteiger charge is -2.28. The van der Waals surface area contributed by atoms with Gasteiger partial charge in [0, 0.05) is 33.4 Å². The maximum Gasteiger partial charge on any atom is 0.0547 e. The molecule has 2 nitrogen and oxygen atoms in total. The van der Waals surface area contributed by atoms with Crippen molar-refractivity contribution in [3.8, 4) is 61.3 Å². The van der Waals surface area contributed by atoms with Crippen LogP contribution in [0.2, 0.25) is 0 Å². The van der Waals surface area contributed by atoms with Crippen molar-refractivity contribution in [3.05, 3.63) is 267 Å². The van der Waals surface area contributed by atoms with Crippen LogP contribution in [0.5, 0.6) is 0 Å². The van der Waals surface area contributed by atoms with Gasteiger partial charge in [-0.15, -0.1) is 0 Å². The van der Waals surface area contributed by atoms with E-state index in [0.717, 1.165) is 33.9 Å². The Kier molecular flexibility index (Phi) is 9.89. The third-order valence-electron chi connectivity index (χ3n) is 13.0. The SMILES string of the molecule is c1ccc(-c2cccc(N(c3ccc(-c4ccc(-c5cccc6ccccc56)cc4)cc3)c3ccccc3-c3cccc(-c4cccc5c4c4ccccc4n5-c4ccccc4)c3)c2)cc1. The molecule has 11 aromatic carbocycles. The minimum atomic E-state index is 1.08. The highest BCUT2D eigenvalue weighted by molar-refractivity contribution is 6.16. The molecule has 66 heavy (non-hydrogen) atoms. The molecule has 0 spiro atoms. The monoisotopic (exact) mass is 840 g/mol. The number of nitrogens with zero attached hydrogens (tertiary/aromatic N) is 2. The van der Waals surface area contributed by atoms with Crippen molar-refractivity contribution in [2.45, 2.75) is 0 Å².